The fourth-order valence-electron chi connectivity index (χ4n) is 1.78. The lowest BCUT2D eigenvalue weighted by Crippen LogP contribution is -2.20. The van der Waals surface area contributed by atoms with Crippen molar-refractivity contribution >= 4 is 34.8 Å². The van der Waals surface area contributed by atoms with Crippen molar-refractivity contribution in [2.24, 2.45) is 0 Å². The second kappa shape index (κ2) is 7.94. The first-order chi connectivity index (χ1) is 11.0. The molecule has 0 bridgehead atoms. The van der Waals surface area contributed by atoms with E-state index in [0.29, 0.717) is 33.0 Å². The number of carbonyl (C=O) groups is 1. The number of carbonyl (C=O) groups excluding carboxylic acids is 1. The van der Waals surface area contributed by atoms with Crippen LogP contribution < -0.4 is 19.5 Å². The fraction of sp³-hybridized carbons (Fsp3) is 0.188. The molecule has 0 atom stereocenters. The Morgan fingerprint density at radius 2 is 1.57 bits per heavy atom. The Balaban J connectivity index is 1.97. The molecule has 7 heteroatoms. The molecular weight excluding hydrogens is 341 g/mol. The SMILES string of the molecule is COc1cc(OC)cc(OCC(=O)Nc2ccc(Cl)c(Cl)c2)c1. The maximum absolute atomic E-state index is 11.9. The molecular formula is C16H15Cl2NO4. The summed E-state index contributed by atoms with van der Waals surface area (Å²) in [6.07, 6.45) is 0. The predicted molar refractivity (Wildman–Crippen MR) is 90.1 cm³/mol. The normalized spacial score (nSPS) is 10.1. The number of halogens is 2. The van der Waals surface area contributed by atoms with Crippen LogP contribution in [0.15, 0.2) is 36.4 Å². The van der Waals surface area contributed by atoms with Gasteiger partial charge in [-0.25, -0.2) is 0 Å². The Kier molecular flexibility index (Phi) is 5.96. The van der Waals surface area contributed by atoms with Crippen LogP contribution in [-0.2, 0) is 4.79 Å². The van der Waals surface area contributed by atoms with Gasteiger partial charge in [-0.2, -0.15) is 0 Å². The Morgan fingerprint density at radius 1 is 0.957 bits per heavy atom. The average molecular weight is 356 g/mol. The summed E-state index contributed by atoms with van der Waals surface area (Å²) in [6.45, 7) is -0.170. The van der Waals surface area contributed by atoms with E-state index in [1.807, 2.05) is 0 Å². The van der Waals surface area contributed by atoms with Gasteiger partial charge in [0.15, 0.2) is 6.61 Å². The van der Waals surface area contributed by atoms with Crippen molar-refractivity contribution in [1.82, 2.24) is 0 Å². The molecule has 2 aromatic rings. The van der Waals surface area contributed by atoms with Crippen molar-refractivity contribution in [3.8, 4) is 17.2 Å². The van der Waals surface area contributed by atoms with Gasteiger partial charge in [-0.05, 0) is 18.2 Å². The van der Waals surface area contributed by atoms with E-state index in [1.54, 1.807) is 36.4 Å². The van der Waals surface area contributed by atoms with Gasteiger partial charge in [-0.3, -0.25) is 4.79 Å². The summed E-state index contributed by atoms with van der Waals surface area (Å²) in [6, 6.07) is 9.86. The maximum atomic E-state index is 11.9. The van der Waals surface area contributed by atoms with Crippen molar-refractivity contribution in [3.05, 3.63) is 46.4 Å². The van der Waals surface area contributed by atoms with Crippen molar-refractivity contribution < 1.29 is 19.0 Å². The zero-order valence-corrected chi connectivity index (χ0v) is 14.1. The van der Waals surface area contributed by atoms with Crippen LogP contribution in [0, 0.1) is 0 Å². The zero-order chi connectivity index (χ0) is 16.8. The molecule has 0 spiro atoms. The first-order valence-electron chi connectivity index (χ1n) is 6.62. The molecule has 0 aliphatic heterocycles. The van der Waals surface area contributed by atoms with E-state index in [0.717, 1.165) is 0 Å². The highest BCUT2D eigenvalue weighted by atomic mass is 35.5. The number of rotatable bonds is 6. The van der Waals surface area contributed by atoms with Gasteiger partial charge in [0.1, 0.15) is 17.2 Å². The number of hydrogen-bond acceptors (Lipinski definition) is 4. The summed E-state index contributed by atoms with van der Waals surface area (Å²) >= 11 is 11.7. The number of nitrogens with one attached hydrogen (secondary N) is 1. The van der Waals surface area contributed by atoms with E-state index >= 15 is 0 Å². The second-order valence-corrected chi connectivity index (χ2v) is 5.33. The van der Waals surface area contributed by atoms with Gasteiger partial charge in [0.25, 0.3) is 5.91 Å². The summed E-state index contributed by atoms with van der Waals surface area (Å²) in [5, 5.41) is 3.45. The largest absolute Gasteiger partial charge is 0.496 e. The van der Waals surface area contributed by atoms with Crippen LogP contribution in [0.1, 0.15) is 0 Å². The van der Waals surface area contributed by atoms with E-state index in [1.165, 1.54) is 14.2 Å². The van der Waals surface area contributed by atoms with Crippen LogP contribution in [0.5, 0.6) is 17.2 Å². The van der Waals surface area contributed by atoms with Crippen LogP contribution in [0.2, 0.25) is 10.0 Å². The van der Waals surface area contributed by atoms with E-state index in [2.05, 4.69) is 5.32 Å². The van der Waals surface area contributed by atoms with E-state index in [9.17, 15) is 4.79 Å². The van der Waals surface area contributed by atoms with Crippen LogP contribution in [0.25, 0.3) is 0 Å². The minimum absolute atomic E-state index is 0.170. The van der Waals surface area contributed by atoms with Crippen LogP contribution >= 0.6 is 23.2 Å². The average Bonchev–Trinajstić information content (AvgIpc) is 2.56. The van der Waals surface area contributed by atoms with E-state index in [4.69, 9.17) is 37.4 Å². The summed E-state index contributed by atoms with van der Waals surface area (Å²) in [5.74, 6) is 1.28. The van der Waals surface area contributed by atoms with E-state index in [-0.39, 0.29) is 12.5 Å². The molecule has 0 radical (unpaired) electrons. The highest BCUT2D eigenvalue weighted by Gasteiger charge is 2.08. The fourth-order valence-corrected chi connectivity index (χ4v) is 2.08. The molecule has 122 valence electrons. The molecule has 0 aliphatic rings. The Hall–Kier alpha value is -2.11. The van der Waals surface area contributed by atoms with Gasteiger partial charge in [0, 0.05) is 23.9 Å². The molecule has 0 aliphatic carbocycles. The molecule has 5 nitrogen and oxygen atoms in total. The Labute approximate surface area is 144 Å². The third-order valence-electron chi connectivity index (χ3n) is 2.90. The lowest BCUT2D eigenvalue weighted by molar-refractivity contribution is -0.118. The lowest BCUT2D eigenvalue weighted by Gasteiger charge is -2.11. The predicted octanol–water partition coefficient (Wildman–Crippen LogP) is 4.03. The van der Waals surface area contributed by atoms with Gasteiger partial charge >= 0.3 is 0 Å². The monoisotopic (exact) mass is 355 g/mol. The van der Waals surface area contributed by atoms with Gasteiger partial charge in [-0.15, -0.1) is 0 Å². The molecule has 2 rings (SSSR count). The first kappa shape index (κ1) is 17.2. The van der Waals surface area contributed by atoms with E-state index < -0.39 is 0 Å². The van der Waals surface area contributed by atoms with Crippen LogP contribution in [0.3, 0.4) is 0 Å². The molecule has 0 saturated carbocycles. The first-order valence-corrected chi connectivity index (χ1v) is 7.38. The number of hydrogen-bond donors (Lipinski definition) is 1. The highest BCUT2D eigenvalue weighted by molar-refractivity contribution is 6.42. The Bertz CT molecular complexity index is 684. The number of ether oxygens (including phenoxy) is 3. The molecule has 2 aromatic carbocycles. The number of anilines is 1. The van der Waals surface area contributed by atoms with Crippen molar-refractivity contribution in [2.75, 3.05) is 26.1 Å². The van der Waals surface area contributed by atoms with Gasteiger partial charge < -0.3 is 19.5 Å². The summed E-state index contributed by atoms with van der Waals surface area (Å²) < 4.78 is 15.7. The number of amides is 1. The quantitative estimate of drug-likeness (QED) is 0.849. The van der Waals surface area contributed by atoms with Crippen LogP contribution in [0.4, 0.5) is 5.69 Å². The molecule has 1 N–H and O–H groups in total. The summed E-state index contributed by atoms with van der Waals surface area (Å²) in [7, 11) is 3.07. The lowest BCUT2D eigenvalue weighted by atomic mass is 10.3. The topological polar surface area (TPSA) is 56.8 Å². The Morgan fingerprint density at radius 3 is 2.13 bits per heavy atom. The van der Waals surface area contributed by atoms with Crippen molar-refractivity contribution in [2.45, 2.75) is 0 Å². The maximum Gasteiger partial charge on any atom is 0.262 e. The molecule has 0 unspecified atom stereocenters. The molecule has 0 heterocycles. The summed E-state index contributed by atoms with van der Waals surface area (Å²) in [5.41, 5.74) is 0.538. The van der Waals surface area contributed by atoms with Gasteiger partial charge in [0.05, 0.1) is 24.3 Å². The number of benzene rings is 2. The molecule has 0 saturated heterocycles. The third kappa shape index (κ3) is 4.94. The van der Waals surface area contributed by atoms with Crippen LogP contribution in [-0.4, -0.2) is 26.7 Å². The minimum atomic E-state index is -0.329. The molecule has 1 amide bonds. The number of methoxy groups -OCH3 is 2. The molecule has 23 heavy (non-hydrogen) atoms. The standard InChI is InChI=1S/C16H15Cl2NO4/c1-21-11-6-12(22-2)8-13(7-11)23-9-16(20)19-10-3-4-14(17)15(18)5-10/h3-8H,9H2,1-2H3,(H,19,20). The highest BCUT2D eigenvalue weighted by Crippen LogP contribution is 2.27. The minimum Gasteiger partial charge on any atom is -0.496 e. The second-order valence-electron chi connectivity index (χ2n) is 4.51. The molecule has 0 fully saturated rings. The summed E-state index contributed by atoms with van der Waals surface area (Å²) in [4.78, 5) is 11.9. The van der Waals surface area contributed by atoms with Gasteiger partial charge in [-0.1, -0.05) is 23.2 Å². The third-order valence-corrected chi connectivity index (χ3v) is 3.64. The zero-order valence-electron chi connectivity index (χ0n) is 12.6. The van der Waals surface area contributed by atoms with Crippen molar-refractivity contribution in [1.29, 1.82) is 0 Å². The smallest absolute Gasteiger partial charge is 0.262 e. The molecule has 0 aromatic heterocycles. The van der Waals surface area contributed by atoms with Gasteiger partial charge in [0.2, 0.25) is 0 Å². The van der Waals surface area contributed by atoms with Crippen molar-refractivity contribution in [3.63, 3.8) is 0 Å².